The number of unbranched alkanes of at least 4 members (excludes halogenated alkanes) is 6. The van der Waals surface area contributed by atoms with E-state index in [1.807, 2.05) is 74.8 Å². The van der Waals surface area contributed by atoms with Crippen LogP contribution in [-0.4, -0.2) is 35.9 Å². The zero-order chi connectivity index (χ0) is 32.0. The van der Waals surface area contributed by atoms with Crippen molar-refractivity contribution in [2.24, 2.45) is 0 Å². The Labute approximate surface area is 283 Å². The number of allylic oxidation sites excluding steroid dienone is 1. The zero-order valence-electron chi connectivity index (χ0n) is 26.9. The number of benzene rings is 2. The van der Waals surface area contributed by atoms with Gasteiger partial charge in [0.25, 0.3) is 5.91 Å². The Hall–Kier alpha value is -2.64. The molecule has 4 rings (SSSR count). The standard InChI is InChI=1S/C37H47Cl2N3O2S/c1-4-22-42(3)25-34(30-20-17-27(2)23-32(30)39)44-26-29-19-18-28(24-31(29)38)37(43)40-21-13-9-7-5-6-8-10-16-36-41-33-14-11-12-15-35(33)45-36/h4,14-15,17-20,22-24,34H,5-13,16,21,25-26H2,1-3H3,(H,40,43)/b22-4-. The highest BCUT2D eigenvalue weighted by molar-refractivity contribution is 7.09. The van der Waals surface area contributed by atoms with Crippen molar-refractivity contribution in [3.8, 4) is 0 Å². The fourth-order valence-electron chi connectivity index (χ4n) is 5.52. The highest BCUT2D eigenvalue weighted by Crippen LogP contribution is 2.29. The van der Waals surface area contributed by atoms with E-state index in [-0.39, 0.29) is 12.0 Å². The summed E-state index contributed by atoms with van der Waals surface area (Å²) < 4.78 is 7.72. The maximum absolute atomic E-state index is 12.8. The summed E-state index contributed by atoms with van der Waals surface area (Å²) in [6, 6.07) is 11.4. The van der Waals surface area contributed by atoms with Crippen molar-refractivity contribution in [2.75, 3.05) is 20.1 Å². The predicted octanol–water partition coefficient (Wildman–Crippen LogP) is 8.54. The van der Waals surface area contributed by atoms with Crippen LogP contribution in [0.3, 0.4) is 0 Å². The number of nitrogens with zero attached hydrogens (tertiary/aromatic N) is 2. The third kappa shape index (κ3) is 11.3. The van der Waals surface area contributed by atoms with Crippen LogP contribution in [0.5, 0.6) is 0 Å². The summed E-state index contributed by atoms with van der Waals surface area (Å²) in [7, 11) is 2.01. The van der Waals surface area contributed by atoms with Gasteiger partial charge in [-0.05, 0) is 81.5 Å². The van der Waals surface area contributed by atoms with Gasteiger partial charge < -0.3 is 15.0 Å². The van der Waals surface area contributed by atoms with Crippen molar-refractivity contribution in [2.45, 2.75) is 90.8 Å². The minimum absolute atomic E-state index is 0.0966. The number of nitrogens with one attached hydrogen (secondary N) is 1. The van der Waals surface area contributed by atoms with Crippen LogP contribution < -0.4 is 15.2 Å². The quantitative estimate of drug-likeness (QED) is 0.138. The molecule has 0 spiro atoms. The van der Waals surface area contributed by atoms with E-state index in [4.69, 9.17) is 32.9 Å². The number of fused-ring (bicyclic) bond motifs is 1. The second-order valence-electron chi connectivity index (χ2n) is 11.9. The van der Waals surface area contributed by atoms with Gasteiger partial charge in [-0.15, -0.1) is 11.3 Å². The van der Waals surface area contributed by atoms with Gasteiger partial charge in [0, 0.05) is 41.3 Å². The zero-order valence-corrected chi connectivity index (χ0v) is 29.2. The van der Waals surface area contributed by atoms with E-state index in [1.54, 1.807) is 6.07 Å². The largest absolute Gasteiger partial charge is 0.378 e. The summed E-state index contributed by atoms with van der Waals surface area (Å²) in [6.45, 7) is 5.62. The molecule has 2 aromatic carbocycles. The molecule has 1 unspecified atom stereocenters. The summed E-state index contributed by atoms with van der Waals surface area (Å²) >= 11 is 15.1. The molecule has 1 aromatic heterocycles. The average molecular weight is 669 g/mol. The lowest BCUT2D eigenvalue weighted by atomic mass is 10.1. The van der Waals surface area contributed by atoms with E-state index in [0.717, 1.165) is 48.8 Å². The van der Waals surface area contributed by atoms with Crippen molar-refractivity contribution in [1.29, 1.82) is 0 Å². The maximum atomic E-state index is 12.8. The van der Waals surface area contributed by atoms with Crippen LogP contribution in [0, 0.1) is 6.92 Å². The van der Waals surface area contributed by atoms with E-state index in [2.05, 4.69) is 22.4 Å². The van der Waals surface area contributed by atoms with Crippen molar-refractivity contribution < 1.29 is 9.53 Å². The first-order valence-electron chi connectivity index (χ1n) is 16.3. The van der Waals surface area contributed by atoms with Crippen LogP contribution in [0.25, 0.3) is 12.2 Å². The van der Waals surface area contributed by atoms with Gasteiger partial charge in [0.2, 0.25) is 0 Å². The molecule has 1 amide bonds. The minimum atomic E-state index is -0.246. The summed E-state index contributed by atoms with van der Waals surface area (Å²) in [5.74, 6) is -0.0966. The number of amides is 1. The molecule has 0 fully saturated rings. The molecule has 1 N–H and O–H groups in total. The van der Waals surface area contributed by atoms with E-state index in [0.29, 0.717) is 35.3 Å². The molecule has 8 heteroatoms. The number of carbonyl (C=O) groups excluding carboxylic acids is 1. The molecule has 1 aliphatic carbocycles. The van der Waals surface area contributed by atoms with Crippen LogP contribution in [0.4, 0.5) is 0 Å². The van der Waals surface area contributed by atoms with Gasteiger partial charge in [-0.1, -0.05) is 91.7 Å². The number of likely N-dealkylation sites (N-methyl/N-ethyl adjacent to an activating group) is 1. The number of thiazole rings is 1. The van der Waals surface area contributed by atoms with Crippen LogP contribution in [0.2, 0.25) is 10.0 Å². The van der Waals surface area contributed by atoms with Crippen LogP contribution in [0.15, 0.2) is 48.7 Å². The number of halogens is 2. The average Bonchev–Trinajstić information content (AvgIpc) is 3.44. The molecule has 5 nitrogen and oxygen atoms in total. The number of carbonyl (C=O) groups is 1. The van der Waals surface area contributed by atoms with Gasteiger partial charge in [0.1, 0.15) is 6.10 Å². The van der Waals surface area contributed by atoms with E-state index >= 15 is 0 Å². The number of hydrogen-bond donors (Lipinski definition) is 1. The molecule has 1 aliphatic rings. The Morgan fingerprint density at radius 3 is 2.51 bits per heavy atom. The first-order chi connectivity index (χ1) is 21.8. The lowest BCUT2D eigenvalue weighted by Crippen LogP contribution is -2.24. The summed E-state index contributed by atoms with van der Waals surface area (Å²) in [5, 5.41) is 6.74. The lowest BCUT2D eigenvalue weighted by Gasteiger charge is -2.25. The summed E-state index contributed by atoms with van der Waals surface area (Å²) in [6.07, 6.45) is 20.0. The van der Waals surface area contributed by atoms with Crippen molar-refractivity contribution in [3.63, 3.8) is 0 Å². The molecule has 0 aliphatic heterocycles. The predicted molar refractivity (Wildman–Crippen MR) is 190 cm³/mol. The Bertz CT molecular complexity index is 1520. The first kappa shape index (κ1) is 35.2. The Kier molecular flexibility index (Phi) is 14.5. The highest BCUT2D eigenvalue weighted by Gasteiger charge is 2.18. The molecular weight excluding hydrogens is 621 g/mol. The molecule has 0 bridgehead atoms. The maximum Gasteiger partial charge on any atom is 0.251 e. The third-order valence-corrected chi connectivity index (χ3v) is 9.83. The van der Waals surface area contributed by atoms with E-state index in [9.17, 15) is 4.79 Å². The molecule has 0 saturated heterocycles. The van der Waals surface area contributed by atoms with Gasteiger partial charge in [-0.3, -0.25) is 4.79 Å². The van der Waals surface area contributed by atoms with Gasteiger partial charge in [0.15, 0.2) is 0 Å². The minimum Gasteiger partial charge on any atom is -0.378 e. The first-order valence-corrected chi connectivity index (χ1v) is 17.8. The van der Waals surface area contributed by atoms with Gasteiger partial charge in [-0.2, -0.15) is 0 Å². The smallest absolute Gasteiger partial charge is 0.251 e. The Morgan fingerprint density at radius 2 is 1.78 bits per heavy atom. The fraction of sp³-hybridized carbons (Fsp3) is 0.459. The Morgan fingerprint density at radius 1 is 1.02 bits per heavy atom. The van der Waals surface area contributed by atoms with Crippen molar-refractivity contribution >= 4 is 52.6 Å². The number of aryl methyl sites for hydroxylation is 2. The second-order valence-corrected chi connectivity index (χ2v) is 13.8. The normalized spacial score (nSPS) is 13.3. The van der Waals surface area contributed by atoms with Crippen LogP contribution in [-0.2, 0) is 17.8 Å². The van der Waals surface area contributed by atoms with Crippen LogP contribution >= 0.6 is 34.5 Å². The highest BCUT2D eigenvalue weighted by atomic mass is 35.5. The van der Waals surface area contributed by atoms with E-state index in [1.165, 1.54) is 47.0 Å². The SMILES string of the molecule is C/C=C\N(C)CC(OCc1ccc(C(=O)NCCCCCCCCCc2nc3c(s2)=CCCC=3)cc1Cl)c1ccc(C)cc1Cl. The lowest BCUT2D eigenvalue weighted by molar-refractivity contribution is 0.0260. The molecular formula is C37H47Cl2N3O2S. The molecule has 45 heavy (non-hydrogen) atoms. The monoisotopic (exact) mass is 667 g/mol. The van der Waals surface area contributed by atoms with Crippen molar-refractivity contribution in [3.05, 3.63) is 95.9 Å². The molecule has 3 aromatic rings. The number of rotatable bonds is 18. The molecule has 1 heterocycles. The second kappa shape index (κ2) is 18.5. The number of aromatic nitrogens is 1. The van der Waals surface area contributed by atoms with E-state index < -0.39 is 0 Å². The Balaban J connectivity index is 1.13. The molecule has 0 radical (unpaired) electrons. The molecule has 0 saturated carbocycles. The van der Waals surface area contributed by atoms with Gasteiger partial charge >= 0.3 is 0 Å². The fourth-order valence-corrected chi connectivity index (χ4v) is 7.19. The van der Waals surface area contributed by atoms with Crippen molar-refractivity contribution in [1.82, 2.24) is 15.2 Å². The molecule has 242 valence electrons. The number of hydrogen-bond acceptors (Lipinski definition) is 5. The topological polar surface area (TPSA) is 54.5 Å². The third-order valence-electron chi connectivity index (χ3n) is 8.03. The summed E-state index contributed by atoms with van der Waals surface area (Å²) in [5.41, 5.74) is 3.43. The molecule has 1 atom stereocenters. The summed E-state index contributed by atoms with van der Waals surface area (Å²) in [4.78, 5) is 19.6. The van der Waals surface area contributed by atoms with Gasteiger partial charge in [0.05, 0.1) is 21.5 Å². The number of ether oxygens (including phenoxy) is 1. The van der Waals surface area contributed by atoms with Gasteiger partial charge in [-0.25, -0.2) is 4.98 Å². The van der Waals surface area contributed by atoms with Crippen LogP contribution in [0.1, 0.15) is 103 Å².